The summed E-state index contributed by atoms with van der Waals surface area (Å²) in [5.41, 5.74) is 2.17. The second kappa shape index (κ2) is 7.84. The molecule has 9 heteroatoms. The molecule has 0 saturated carbocycles. The van der Waals surface area contributed by atoms with E-state index >= 15 is 0 Å². The zero-order valence-corrected chi connectivity index (χ0v) is 16.9. The zero-order valence-electron chi connectivity index (χ0n) is 16.1. The first-order valence-corrected chi connectivity index (χ1v) is 9.16. The molecule has 8 nitrogen and oxygen atoms in total. The third kappa shape index (κ3) is 3.88. The summed E-state index contributed by atoms with van der Waals surface area (Å²) in [6.45, 7) is 0. The van der Waals surface area contributed by atoms with Crippen LogP contribution in [0.2, 0.25) is 5.02 Å². The molecule has 0 radical (unpaired) electrons. The Labute approximate surface area is 172 Å². The van der Waals surface area contributed by atoms with Crippen molar-refractivity contribution in [2.45, 2.75) is 0 Å². The molecule has 0 aliphatic rings. The zero-order chi connectivity index (χ0) is 20.4. The van der Waals surface area contributed by atoms with Crippen molar-refractivity contribution in [1.29, 1.82) is 0 Å². The van der Waals surface area contributed by atoms with E-state index in [1.807, 2.05) is 49.5 Å². The molecule has 0 unspecified atom stereocenters. The molecule has 0 atom stereocenters. The van der Waals surface area contributed by atoms with Gasteiger partial charge in [-0.2, -0.15) is 15.1 Å². The lowest BCUT2D eigenvalue weighted by molar-refractivity contribution is 0.405. The highest BCUT2D eigenvalue weighted by molar-refractivity contribution is 6.30. The molecule has 0 amide bonds. The predicted molar refractivity (Wildman–Crippen MR) is 114 cm³/mol. The van der Waals surface area contributed by atoms with Crippen LogP contribution in [0.25, 0.3) is 11.0 Å². The number of benzene rings is 2. The Bertz CT molecular complexity index is 1180. The largest absolute Gasteiger partial charge is 0.497 e. The minimum Gasteiger partial charge on any atom is -0.497 e. The normalized spacial score (nSPS) is 10.8. The number of ether oxygens (including phenoxy) is 2. The summed E-state index contributed by atoms with van der Waals surface area (Å²) in [4.78, 5) is 9.24. The monoisotopic (exact) mass is 410 g/mol. The SMILES string of the molecule is COc1ccc(OC)c(Nc2nc(Nc3cccc(Cl)c3)c3cnn(C)c3n2)c1. The number of hydrogen-bond donors (Lipinski definition) is 2. The van der Waals surface area contributed by atoms with Gasteiger partial charge in [0, 0.05) is 23.8 Å². The van der Waals surface area contributed by atoms with Crippen LogP contribution < -0.4 is 20.1 Å². The molecule has 2 aromatic heterocycles. The second-order valence-corrected chi connectivity index (χ2v) is 6.66. The van der Waals surface area contributed by atoms with Gasteiger partial charge in [-0.25, -0.2) is 0 Å². The third-order valence-electron chi connectivity index (χ3n) is 4.33. The van der Waals surface area contributed by atoms with Gasteiger partial charge in [-0.05, 0) is 30.3 Å². The number of rotatable bonds is 6. The Balaban J connectivity index is 1.77. The Morgan fingerprint density at radius 2 is 1.86 bits per heavy atom. The number of anilines is 4. The maximum atomic E-state index is 6.11. The lowest BCUT2D eigenvalue weighted by Crippen LogP contribution is -2.04. The number of fused-ring (bicyclic) bond motifs is 1. The average Bonchev–Trinajstić information content (AvgIpc) is 3.09. The van der Waals surface area contributed by atoms with E-state index in [1.54, 1.807) is 25.1 Å². The van der Waals surface area contributed by atoms with Crippen molar-refractivity contribution in [3.63, 3.8) is 0 Å². The van der Waals surface area contributed by atoms with Gasteiger partial charge in [-0.3, -0.25) is 4.68 Å². The summed E-state index contributed by atoms with van der Waals surface area (Å²) in [5.74, 6) is 2.32. The molecule has 2 heterocycles. The van der Waals surface area contributed by atoms with E-state index in [0.29, 0.717) is 39.6 Å². The molecule has 0 fully saturated rings. The van der Waals surface area contributed by atoms with Crippen molar-refractivity contribution < 1.29 is 9.47 Å². The van der Waals surface area contributed by atoms with Crippen LogP contribution in [0.4, 0.5) is 23.1 Å². The fraction of sp³-hybridized carbons (Fsp3) is 0.150. The first kappa shape index (κ1) is 18.8. The van der Waals surface area contributed by atoms with Crippen molar-refractivity contribution >= 4 is 45.8 Å². The number of methoxy groups -OCH3 is 2. The number of aryl methyl sites for hydroxylation is 1. The topological polar surface area (TPSA) is 86.1 Å². The summed E-state index contributed by atoms with van der Waals surface area (Å²) < 4.78 is 12.4. The van der Waals surface area contributed by atoms with Gasteiger partial charge in [-0.15, -0.1) is 0 Å². The maximum absolute atomic E-state index is 6.11. The standard InChI is InChI=1S/C20H19ClN6O2/c1-27-19-15(11-22-27)18(23-13-6-4-5-12(21)9-13)25-20(26-19)24-16-10-14(28-2)7-8-17(16)29-3/h4-11H,1-3H3,(H2,23,24,25,26). The van der Waals surface area contributed by atoms with Crippen LogP contribution in [0.1, 0.15) is 0 Å². The summed E-state index contributed by atoms with van der Waals surface area (Å²) in [6, 6.07) is 12.9. The highest BCUT2D eigenvalue weighted by Crippen LogP contribution is 2.32. The molecule has 2 aromatic carbocycles. The molecular formula is C20H19ClN6O2. The minimum absolute atomic E-state index is 0.386. The quantitative estimate of drug-likeness (QED) is 0.483. The van der Waals surface area contributed by atoms with Crippen LogP contribution >= 0.6 is 11.6 Å². The van der Waals surface area contributed by atoms with Gasteiger partial charge in [0.15, 0.2) is 5.65 Å². The average molecular weight is 411 g/mol. The molecule has 0 saturated heterocycles. The summed E-state index contributed by atoms with van der Waals surface area (Å²) in [6.07, 6.45) is 1.72. The fourth-order valence-corrected chi connectivity index (χ4v) is 3.10. The first-order valence-electron chi connectivity index (χ1n) is 8.79. The maximum Gasteiger partial charge on any atom is 0.231 e. The molecule has 29 heavy (non-hydrogen) atoms. The summed E-state index contributed by atoms with van der Waals surface area (Å²) in [5, 5.41) is 12.2. The summed E-state index contributed by atoms with van der Waals surface area (Å²) >= 11 is 6.11. The first-order chi connectivity index (χ1) is 14.1. The van der Waals surface area contributed by atoms with Gasteiger partial charge in [0.25, 0.3) is 0 Å². The molecule has 0 spiro atoms. The van der Waals surface area contributed by atoms with Crippen molar-refractivity contribution in [3.05, 3.63) is 53.7 Å². The van der Waals surface area contributed by atoms with Crippen LogP contribution in [-0.2, 0) is 7.05 Å². The van der Waals surface area contributed by atoms with Gasteiger partial charge < -0.3 is 20.1 Å². The van der Waals surface area contributed by atoms with E-state index in [2.05, 4.69) is 25.7 Å². The number of hydrogen-bond acceptors (Lipinski definition) is 7. The highest BCUT2D eigenvalue weighted by Gasteiger charge is 2.14. The Morgan fingerprint density at radius 3 is 2.62 bits per heavy atom. The molecule has 2 N–H and O–H groups in total. The summed E-state index contributed by atoms with van der Waals surface area (Å²) in [7, 11) is 5.04. The van der Waals surface area contributed by atoms with Crippen LogP contribution in [0, 0.1) is 0 Å². The van der Waals surface area contributed by atoms with Crippen LogP contribution in [-0.4, -0.2) is 34.0 Å². The van der Waals surface area contributed by atoms with E-state index in [0.717, 1.165) is 11.1 Å². The van der Waals surface area contributed by atoms with Gasteiger partial charge in [0.05, 0.1) is 31.5 Å². The van der Waals surface area contributed by atoms with E-state index < -0.39 is 0 Å². The Kier molecular flexibility index (Phi) is 5.09. The number of halogens is 1. The van der Waals surface area contributed by atoms with Crippen LogP contribution in [0.5, 0.6) is 11.5 Å². The minimum atomic E-state index is 0.386. The highest BCUT2D eigenvalue weighted by atomic mass is 35.5. The van der Waals surface area contributed by atoms with Crippen LogP contribution in [0.3, 0.4) is 0 Å². The lowest BCUT2D eigenvalue weighted by Gasteiger charge is -2.13. The molecule has 0 aliphatic carbocycles. The lowest BCUT2D eigenvalue weighted by atomic mass is 10.2. The van der Waals surface area contributed by atoms with Crippen molar-refractivity contribution in [2.24, 2.45) is 7.05 Å². The molecule has 4 aromatic rings. The number of nitrogens with one attached hydrogen (secondary N) is 2. The number of aromatic nitrogens is 4. The Hall–Kier alpha value is -3.52. The van der Waals surface area contributed by atoms with Gasteiger partial charge in [0.2, 0.25) is 5.95 Å². The van der Waals surface area contributed by atoms with Gasteiger partial charge >= 0.3 is 0 Å². The Morgan fingerprint density at radius 1 is 1.00 bits per heavy atom. The van der Waals surface area contributed by atoms with Crippen molar-refractivity contribution in [2.75, 3.05) is 24.9 Å². The van der Waals surface area contributed by atoms with E-state index in [1.165, 1.54) is 0 Å². The fourth-order valence-electron chi connectivity index (χ4n) is 2.91. The smallest absolute Gasteiger partial charge is 0.231 e. The molecule has 0 aliphatic heterocycles. The number of nitrogens with zero attached hydrogens (tertiary/aromatic N) is 4. The van der Waals surface area contributed by atoms with Gasteiger partial charge in [0.1, 0.15) is 17.3 Å². The van der Waals surface area contributed by atoms with Crippen LogP contribution in [0.15, 0.2) is 48.7 Å². The molecule has 0 bridgehead atoms. The van der Waals surface area contributed by atoms with E-state index in [4.69, 9.17) is 21.1 Å². The molecule has 148 valence electrons. The van der Waals surface area contributed by atoms with Crippen molar-refractivity contribution in [1.82, 2.24) is 19.7 Å². The van der Waals surface area contributed by atoms with Gasteiger partial charge in [-0.1, -0.05) is 17.7 Å². The second-order valence-electron chi connectivity index (χ2n) is 6.23. The van der Waals surface area contributed by atoms with Crippen molar-refractivity contribution in [3.8, 4) is 11.5 Å². The van der Waals surface area contributed by atoms with E-state index in [9.17, 15) is 0 Å². The van der Waals surface area contributed by atoms with E-state index in [-0.39, 0.29) is 0 Å². The predicted octanol–water partition coefficient (Wildman–Crippen LogP) is 4.52. The molecular weight excluding hydrogens is 392 g/mol. The third-order valence-corrected chi connectivity index (χ3v) is 4.57. The molecule has 4 rings (SSSR count).